The Kier molecular flexibility index (Phi) is 6.08. The molecule has 0 bridgehead atoms. The Labute approximate surface area is 194 Å². The van der Waals surface area contributed by atoms with Crippen molar-refractivity contribution in [3.05, 3.63) is 40.7 Å². The van der Waals surface area contributed by atoms with Crippen LogP contribution in [-0.2, 0) is 35.2 Å². The molecular weight excluding hydrogens is 496 g/mol. The maximum atomic E-state index is 12.9. The smallest absolute Gasteiger partial charge is 0.358 e. The number of fused-ring (bicyclic) bond motifs is 1. The Bertz CT molecular complexity index is 1390. The van der Waals surface area contributed by atoms with Crippen LogP contribution in [0.5, 0.6) is 5.75 Å². The van der Waals surface area contributed by atoms with Gasteiger partial charge in [-0.2, -0.15) is 18.5 Å². The number of rotatable bonds is 7. The highest BCUT2D eigenvalue weighted by Crippen LogP contribution is 2.40. The van der Waals surface area contributed by atoms with E-state index in [0.717, 1.165) is 17.8 Å². The summed E-state index contributed by atoms with van der Waals surface area (Å²) < 4.78 is 53.4. The van der Waals surface area contributed by atoms with Gasteiger partial charge in [0.1, 0.15) is 17.9 Å². The molecule has 0 aliphatic carbocycles. The van der Waals surface area contributed by atoms with Gasteiger partial charge in [-0.15, -0.1) is 0 Å². The van der Waals surface area contributed by atoms with Crippen LogP contribution in [0.2, 0.25) is 5.02 Å². The highest BCUT2D eigenvalue weighted by Gasteiger charge is 2.23. The van der Waals surface area contributed by atoms with E-state index in [1.807, 2.05) is 7.05 Å². The zero-order chi connectivity index (χ0) is 24.0. The van der Waals surface area contributed by atoms with E-state index in [1.54, 1.807) is 4.68 Å². The fourth-order valence-corrected chi connectivity index (χ4v) is 5.01. The first kappa shape index (κ1) is 23.4. The highest BCUT2D eigenvalue weighted by atomic mass is 35.5. The lowest BCUT2D eigenvalue weighted by Crippen LogP contribution is -2.13. The van der Waals surface area contributed by atoms with E-state index in [0.29, 0.717) is 18.1 Å². The number of hydrogen-bond donors (Lipinski definition) is 3. The predicted octanol–water partition coefficient (Wildman–Crippen LogP) is 2.80. The summed E-state index contributed by atoms with van der Waals surface area (Å²) in [6.07, 6.45) is 1.39. The summed E-state index contributed by atoms with van der Waals surface area (Å²) in [5.74, 6) is 0.750. The van der Waals surface area contributed by atoms with Crippen LogP contribution in [0.15, 0.2) is 24.4 Å². The Hall–Kier alpha value is -2.73. The van der Waals surface area contributed by atoms with E-state index in [4.69, 9.17) is 11.6 Å². The molecule has 176 valence electrons. The average molecular weight is 516 g/mol. The van der Waals surface area contributed by atoms with Gasteiger partial charge in [-0.3, -0.25) is 4.68 Å². The molecule has 0 radical (unpaired) electrons. The molecule has 33 heavy (non-hydrogen) atoms. The van der Waals surface area contributed by atoms with Crippen molar-refractivity contribution in [1.29, 1.82) is 0 Å². The Morgan fingerprint density at radius 1 is 1.24 bits per heavy atom. The molecule has 1 aliphatic heterocycles. The maximum absolute atomic E-state index is 12.9. The fraction of sp³-hybridized carbons (Fsp3) is 0.278. The second-order valence-corrected chi connectivity index (χ2v) is 12.2. The van der Waals surface area contributed by atoms with E-state index in [2.05, 4.69) is 35.2 Å². The molecule has 0 fully saturated rings. The molecule has 3 aromatic rings. The van der Waals surface area contributed by atoms with Gasteiger partial charge >= 0.3 is 10.5 Å². The second kappa shape index (κ2) is 8.56. The Morgan fingerprint density at radius 2 is 2.00 bits per heavy atom. The van der Waals surface area contributed by atoms with Crippen molar-refractivity contribution in [1.82, 2.24) is 25.1 Å². The minimum atomic E-state index is -5.23. The zero-order valence-electron chi connectivity index (χ0n) is 17.8. The third-order valence-electron chi connectivity index (χ3n) is 4.84. The monoisotopic (exact) mass is 515 g/mol. The van der Waals surface area contributed by atoms with Gasteiger partial charge in [0.25, 0.3) is 0 Å². The first-order chi connectivity index (χ1) is 15.4. The third kappa shape index (κ3) is 5.27. The average Bonchev–Trinajstić information content (AvgIpc) is 3.29. The van der Waals surface area contributed by atoms with Gasteiger partial charge in [0, 0.05) is 31.0 Å². The summed E-state index contributed by atoms with van der Waals surface area (Å²) >= 11 is 6.26. The molecule has 2 aromatic heterocycles. The Balaban J connectivity index is 1.65. The fourth-order valence-electron chi connectivity index (χ4n) is 3.39. The van der Waals surface area contributed by atoms with Gasteiger partial charge in [-0.1, -0.05) is 15.5 Å². The number of anilines is 4. The molecule has 0 saturated heterocycles. The summed E-state index contributed by atoms with van der Waals surface area (Å²) in [5, 5.41) is 14.2. The summed E-state index contributed by atoms with van der Waals surface area (Å²) in [4.78, 5) is 8.58. The quantitative estimate of drug-likeness (QED) is 0.318. The third-order valence-corrected chi connectivity index (χ3v) is 7.04. The number of nitrogens with zero attached hydrogens (tertiary/aromatic N) is 4. The van der Waals surface area contributed by atoms with Crippen LogP contribution >= 0.6 is 18.7 Å². The number of halogens is 2. The molecule has 15 heteroatoms. The van der Waals surface area contributed by atoms with Crippen molar-refractivity contribution in [3.8, 4) is 5.75 Å². The van der Waals surface area contributed by atoms with Crippen LogP contribution in [0.3, 0.4) is 0 Å². The van der Waals surface area contributed by atoms with Gasteiger partial charge in [0.05, 0.1) is 17.6 Å². The van der Waals surface area contributed by atoms with Crippen LogP contribution in [0, 0.1) is 0 Å². The van der Waals surface area contributed by atoms with Crippen LogP contribution in [0.4, 0.5) is 27.2 Å². The number of benzene rings is 1. The number of aromatic nitrogens is 4. The topological polar surface area (TPSA) is 140 Å². The van der Waals surface area contributed by atoms with Crippen LogP contribution < -0.4 is 25.4 Å². The lowest BCUT2D eigenvalue weighted by atomic mass is 10.3. The van der Waals surface area contributed by atoms with E-state index >= 15 is 0 Å². The van der Waals surface area contributed by atoms with Crippen LogP contribution in [0.1, 0.15) is 11.3 Å². The van der Waals surface area contributed by atoms with E-state index in [-0.39, 0.29) is 27.8 Å². The summed E-state index contributed by atoms with van der Waals surface area (Å²) in [6, 6.07) is 3.81. The molecule has 0 atom stereocenters. The van der Waals surface area contributed by atoms with E-state index in [1.165, 1.54) is 37.7 Å². The van der Waals surface area contributed by atoms with Crippen LogP contribution in [-0.4, -0.2) is 41.5 Å². The first-order valence-electron chi connectivity index (χ1n) is 9.56. The molecule has 0 saturated carbocycles. The van der Waals surface area contributed by atoms with Gasteiger partial charge in [-0.05, 0) is 31.5 Å². The molecule has 3 heterocycles. The number of hydrogen-bond acceptors (Lipinski definition) is 10. The molecular formula is C18H20ClFN7O4PS. The predicted molar refractivity (Wildman–Crippen MR) is 124 cm³/mol. The van der Waals surface area contributed by atoms with Crippen LogP contribution in [0.25, 0.3) is 0 Å². The molecule has 0 amide bonds. The Morgan fingerprint density at radius 3 is 2.70 bits per heavy atom. The van der Waals surface area contributed by atoms with Gasteiger partial charge in [0.2, 0.25) is 5.95 Å². The van der Waals surface area contributed by atoms with Crippen molar-refractivity contribution in [2.24, 2.45) is 7.05 Å². The first-order valence-corrected chi connectivity index (χ1v) is 13.9. The number of aryl methyl sites for hydroxylation is 1. The summed E-state index contributed by atoms with van der Waals surface area (Å²) in [6.45, 7) is 4.34. The largest absolute Gasteiger partial charge is 0.488 e. The molecule has 0 unspecified atom stereocenters. The van der Waals surface area contributed by atoms with Crippen molar-refractivity contribution in [2.75, 3.05) is 24.0 Å². The molecule has 1 aromatic carbocycles. The molecule has 3 N–H and O–H groups in total. The minimum absolute atomic E-state index is 0.188. The lowest BCUT2D eigenvalue weighted by molar-refractivity contribution is 0.440. The van der Waals surface area contributed by atoms with Crippen molar-refractivity contribution >= 4 is 57.8 Å². The molecule has 0 spiro atoms. The van der Waals surface area contributed by atoms with E-state index in [9.17, 15) is 16.9 Å². The van der Waals surface area contributed by atoms with Gasteiger partial charge in [-0.25, -0.2) is 4.98 Å². The number of nitrogens with one attached hydrogen (secondary N) is 3. The van der Waals surface area contributed by atoms with Crippen molar-refractivity contribution in [3.63, 3.8) is 0 Å². The summed E-state index contributed by atoms with van der Waals surface area (Å²) in [5.41, 5.74) is 2.42. The van der Waals surface area contributed by atoms with E-state index < -0.39 is 17.6 Å². The molecule has 1 aliphatic rings. The normalized spacial score (nSPS) is 13.6. The second-order valence-electron chi connectivity index (χ2n) is 7.65. The summed E-state index contributed by atoms with van der Waals surface area (Å²) in [7, 11) is -6.33. The molecule has 11 nitrogen and oxygen atoms in total. The minimum Gasteiger partial charge on any atom is -0.358 e. The maximum Gasteiger partial charge on any atom is 0.488 e. The zero-order valence-corrected chi connectivity index (χ0v) is 20.2. The van der Waals surface area contributed by atoms with Crippen molar-refractivity contribution in [2.45, 2.75) is 13.1 Å². The molecule has 4 rings (SSSR count). The highest BCUT2D eigenvalue weighted by molar-refractivity contribution is 7.81. The van der Waals surface area contributed by atoms with Crippen molar-refractivity contribution < 1.29 is 21.1 Å². The van der Waals surface area contributed by atoms with Gasteiger partial charge < -0.3 is 24.7 Å². The van der Waals surface area contributed by atoms with Gasteiger partial charge in [0.15, 0.2) is 11.6 Å². The SMILES string of the molecule is Cn1nc(Nc2ncc(Cl)c(Nc3ccc(OS(=O)(=O)F)cc3P(C)(C)=O)n2)c2c1CNC2. The lowest BCUT2D eigenvalue weighted by Gasteiger charge is -2.17. The standard InChI is InChI=1S/C18H20ClFN7O4PS/c1-27-14-9-21-7-11(14)16(26-27)24-18-22-8-12(19)17(25-18)23-13-5-4-10(31-33(20,29)30)6-15(13)32(2,3)28/h4-6,8,21H,7,9H2,1-3H3,(H2,22,23,24,25,26).